The van der Waals surface area contributed by atoms with Crippen LogP contribution in [0.15, 0.2) is 6.20 Å². The Bertz CT molecular complexity index is 482. The topological polar surface area (TPSA) is 32.3 Å². The molecule has 1 saturated carbocycles. The maximum absolute atomic E-state index is 4.74. The van der Waals surface area contributed by atoms with E-state index < -0.39 is 0 Å². The Balaban J connectivity index is 1.68. The fraction of sp³-hybridized carbons (Fsp3) is 0.778. The van der Waals surface area contributed by atoms with Crippen molar-refractivity contribution < 1.29 is 0 Å². The highest BCUT2D eigenvalue weighted by atomic mass is 15.3. The minimum absolute atomic E-state index is 0.839. The van der Waals surface area contributed by atoms with Crippen molar-refractivity contribution in [3.05, 3.63) is 17.6 Å². The number of aromatic nitrogens is 2. The highest BCUT2D eigenvalue weighted by Crippen LogP contribution is 2.25. The number of hydrogen-bond acceptors (Lipinski definition) is 4. The molecular weight excluding hydrogens is 272 g/mol. The summed E-state index contributed by atoms with van der Waals surface area (Å²) in [7, 11) is 0. The molecule has 1 aliphatic heterocycles. The SMILES string of the molecule is CCc1cnc(C)nc1N1CCCN(C2CCCCC2)CC1. The lowest BCUT2D eigenvalue weighted by molar-refractivity contribution is 0.166. The van der Waals surface area contributed by atoms with Crippen molar-refractivity contribution in [3.63, 3.8) is 0 Å². The summed E-state index contributed by atoms with van der Waals surface area (Å²) in [6, 6.07) is 0.839. The van der Waals surface area contributed by atoms with E-state index in [9.17, 15) is 0 Å². The lowest BCUT2D eigenvalue weighted by Crippen LogP contribution is -2.39. The Morgan fingerprint density at radius 1 is 1.05 bits per heavy atom. The van der Waals surface area contributed by atoms with Crippen LogP contribution in [0.25, 0.3) is 0 Å². The van der Waals surface area contributed by atoms with Crippen LogP contribution in [0.3, 0.4) is 0 Å². The molecule has 4 heteroatoms. The van der Waals surface area contributed by atoms with Gasteiger partial charge in [0.15, 0.2) is 0 Å². The van der Waals surface area contributed by atoms with Gasteiger partial charge in [-0.05, 0) is 32.6 Å². The van der Waals surface area contributed by atoms with Crippen molar-refractivity contribution in [2.24, 2.45) is 0 Å². The molecule has 22 heavy (non-hydrogen) atoms. The lowest BCUT2D eigenvalue weighted by atomic mass is 9.94. The second-order valence-electron chi connectivity index (χ2n) is 6.79. The van der Waals surface area contributed by atoms with Crippen LogP contribution in [0.5, 0.6) is 0 Å². The third kappa shape index (κ3) is 3.60. The van der Waals surface area contributed by atoms with E-state index in [0.29, 0.717) is 0 Å². The minimum atomic E-state index is 0.839. The predicted molar refractivity (Wildman–Crippen MR) is 91.4 cm³/mol. The molecule has 0 N–H and O–H groups in total. The molecule has 0 radical (unpaired) electrons. The highest BCUT2D eigenvalue weighted by molar-refractivity contribution is 5.46. The van der Waals surface area contributed by atoms with Gasteiger partial charge in [0, 0.05) is 44.0 Å². The van der Waals surface area contributed by atoms with Gasteiger partial charge in [0.25, 0.3) is 0 Å². The van der Waals surface area contributed by atoms with Gasteiger partial charge < -0.3 is 4.90 Å². The number of rotatable bonds is 3. The monoisotopic (exact) mass is 302 g/mol. The quantitative estimate of drug-likeness (QED) is 0.858. The van der Waals surface area contributed by atoms with Crippen LogP contribution in [0, 0.1) is 6.92 Å². The van der Waals surface area contributed by atoms with Gasteiger partial charge in [0.1, 0.15) is 11.6 Å². The molecule has 2 aliphatic rings. The van der Waals surface area contributed by atoms with Crippen LogP contribution in [-0.2, 0) is 6.42 Å². The molecule has 1 aromatic heterocycles. The van der Waals surface area contributed by atoms with Crippen LogP contribution >= 0.6 is 0 Å². The van der Waals surface area contributed by atoms with Gasteiger partial charge in [-0.25, -0.2) is 9.97 Å². The Hall–Kier alpha value is -1.16. The molecule has 0 atom stereocenters. The fourth-order valence-corrected chi connectivity index (χ4v) is 3.97. The highest BCUT2D eigenvalue weighted by Gasteiger charge is 2.24. The average molecular weight is 302 g/mol. The van der Waals surface area contributed by atoms with Gasteiger partial charge in [0.05, 0.1) is 0 Å². The fourth-order valence-electron chi connectivity index (χ4n) is 3.97. The second kappa shape index (κ2) is 7.40. The van der Waals surface area contributed by atoms with E-state index in [1.165, 1.54) is 63.0 Å². The molecule has 0 spiro atoms. The normalized spacial score (nSPS) is 21.8. The number of hydrogen-bond donors (Lipinski definition) is 0. The first-order valence-electron chi connectivity index (χ1n) is 9.09. The minimum Gasteiger partial charge on any atom is -0.355 e. The lowest BCUT2D eigenvalue weighted by Gasteiger charge is -2.33. The zero-order chi connectivity index (χ0) is 15.4. The smallest absolute Gasteiger partial charge is 0.135 e. The Morgan fingerprint density at radius 2 is 1.86 bits per heavy atom. The van der Waals surface area contributed by atoms with Gasteiger partial charge in [-0.15, -0.1) is 0 Å². The molecule has 0 amide bonds. The average Bonchev–Trinajstić information content (AvgIpc) is 2.81. The molecular formula is C18H30N4. The number of nitrogens with zero attached hydrogens (tertiary/aromatic N) is 4. The van der Waals surface area contributed by atoms with Crippen molar-refractivity contribution in [2.45, 2.75) is 64.8 Å². The van der Waals surface area contributed by atoms with Crippen LogP contribution < -0.4 is 4.90 Å². The zero-order valence-corrected chi connectivity index (χ0v) is 14.2. The Morgan fingerprint density at radius 3 is 2.64 bits per heavy atom. The summed E-state index contributed by atoms with van der Waals surface area (Å²) in [6.07, 6.45) is 11.4. The van der Waals surface area contributed by atoms with Gasteiger partial charge in [-0.2, -0.15) is 0 Å². The van der Waals surface area contributed by atoms with E-state index >= 15 is 0 Å². The van der Waals surface area contributed by atoms with E-state index in [0.717, 1.165) is 31.4 Å². The van der Waals surface area contributed by atoms with Gasteiger partial charge in [0.2, 0.25) is 0 Å². The maximum atomic E-state index is 4.74. The molecule has 2 fully saturated rings. The van der Waals surface area contributed by atoms with Crippen LogP contribution in [-0.4, -0.2) is 47.1 Å². The first-order chi connectivity index (χ1) is 10.8. The van der Waals surface area contributed by atoms with E-state index in [1.807, 2.05) is 13.1 Å². The first-order valence-corrected chi connectivity index (χ1v) is 9.09. The van der Waals surface area contributed by atoms with Crippen LogP contribution in [0.2, 0.25) is 0 Å². The summed E-state index contributed by atoms with van der Waals surface area (Å²) < 4.78 is 0. The summed E-state index contributed by atoms with van der Waals surface area (Å²) in [5.41, 5.74) is 1.29. The largest absolute Gasteiger partial charge is 0.355 e. The molecule has 2 heterocycles. The summed E-state index contributed by atoms with van der Waals surface area (Å²) >= 11 is 0. The summed E-state index contributed by atoms with van der Waals surface area (Å²) in [6.45, 7) is 8.88. The molecule has 0 unspecified atom stereocenters. The van der Waals surface area contributed by atoms with Crippen molar-refractivity contribution in [1.29, 1.82) is 0 Å². The molecule has 3 rings (SSSR count). The third-order valence-corrected chi connectivity index (χ3v) is 5.26. The van der Waals surface area contributed by atoms with Gasteiger partial charge in [-0.3, -0.25) is 4.90 Å². The van der Waals surface area contributed by atoms with E-state index in [4.69, 9.17) is 4.98 Å². The van der Waals surface area contributed by atoms with Crippen molar-refractivity contribution in [2.75, 3.05) is 31.1 Å². The molecule has 1 aliphatic carbocycles. The van der Waals surface area contributed by atoms with Crippen LogP contribution in [0.4, 0.5) is 5.82 Å². The summed E-state index contributed by atoms with van der Waals surface area (Å²) in [5.74, 6) is 2.07. The predicted octanol–water partition coefficient (Wildman–Crippen LogP) is 3.19. The number of anilines is 1. The third-order valence-electron chi connectivity index (χ3n) is 5.26. The molecule has 0 bridgehead atoms. The summed E-state index contributed by atoms with van der Waals surface area (Å²) in [5, 5.41) is 0. The second-order valence-corrected chi connectivity index (χ2v) is 6.79. The zero-order valence-electron chi connectivity index (χ0n) is 14.2. The van der Waals surface area contributed by atoms with Gasteiger partial charge >= 0.3 is 0 Å². The molecule has 1 saturated heterocycles. The Labute approximate surface area is 134 Å². The van der Waals surface area contributed by atoms with E-state index in [-0.39, 0.29) is 0 Å². The van der Waals surface area contributed by atoms with Crippen LogP contribution in [0.1, 0.15) is 56.8 Å². The first kappa shape index (κ1) is 15.7. The molecule has 122 valence electrons. The summed E-state index contributed by atoms with van der Waals surface area (Å²) in [4.78, 5) is 14.4. The standard InChI is InChI=1S/C18H30N4/c1-3-16-14-19-15(2)20-18(16)22-11-7-10-21(12-13-22)17-8-5-4-6-9-17/h14,17H,3-13H2,1-2H3. The van der Waals surface area contributed by atoms with Gasteiger partial charge in [-0.1, -0.05) is 26.2 Å². The number of aryl methyl sites for hydroxylation is 2. The van der Waals surface area contributed by atoms with E-state index in [2.05, 4.69) is 21.7 Å². The van der Waals surface area contributed by atoms with Crippen molar-refractivity contribution in [3.8, 4) is 0 Å². The Kier molecular flexibility index (Phi) is 5.29. The molecule has 4 nitrogen and oxygen atoms in total. The van der Waals surface area contributed by atoms with Crippen molar-refractivity contribution in [1.82, 2.24) is 14.9 Å². The molecule has 1 aromatic rings. The molecule has 0 aromatic carbocycles. The van der Waals surface area contributed by atoms with Crippen molar-refractivity contribution >= 4 is 5.82 Å². The maximum Gasteiger partial charge on any atom is 0.135 e. The van der Waals surface area contributed by atoms with E-state index in [1.54, 1.807) is 0 Å².